The van der Waals surface area contributed by atoms with E-state index in [-0.39, 0.29) is 17.1 Å². The third kappa shape index (κ3) is 3.98. The standard InChI is InChI=1S/C20H22N4O2S/c1-11(2)18-23-20(26-24-18)12(3)27-17-10-15(19(25)21-13-8-9-13)14-6-4-5-7-16(14)22-17/h4-7,10-13H,8-9H2,1-3H3,(H,21,25). The molecule has 1 N–H and O–H groups in total. The first-order valence-corrected chi connectivity index (χ1v) is 10.1. The van der Waals surface area contributed by atoms with Gasteiger partial charge in [-0.2, -0.15) is 4.98 Å². The van der Waals surface area contributed by atoms with Gasteiger partial charge in [0.25, 0.3) is 5.91 Å². The Balaban J connectivity index is 1.63. The molecule has 1 atom stereocenters. The second-order valence-electron chi connectivity index (χ2n) is 7.18. The quantitative estimate of drug-likeness (QED) is 0.633. The van der Waals surface area contributed by atoms with Crippen LogP contribution in [0.2, 0.25) is 0 Å². The number of amides is 1. The Kier molecular flexibility index (Phi) is 4.86. The lowest BCUT2D eigenvalue weighted by Gasteiger charge is -2.11. The second-order valence-corrected chi connectivity index (χ2v) is 8.54. The first kappa shape index (κ1) is 18.0. The smallest absolute Gasteiger partial charge is 0.252 e. The summed E-state index contributed by atoms with van der Waals surface area (Å²) in [6.45, 7) is 6.06. The summed E-state index contributed by atoms with van der Waals surface area (Å²) in [5, 5.41) is 8.68. The third-order valence-electron chi connectivity index (χ3n) is 4.47. The summed E-state index contributed by atoms with van der Waals surface area (Å²) in [6, 6.07) is 9.91. The maximum Gasteiger partial charge on any atom is 0.252 e. The highest BCUT2D eigenvalue weighted by molar-refractivity contribution is 7.99. The number of para-hydroxylation sites is 1. The maximum atomic E-state index is 12.7. The van der Waals surface area contributed by atoms with Crippen LogP contribution in [0.15, 0.2) is 39.9 Å². The fourth-order valence-electron chi connectivity index (χ4n) is 2.77. The number of nitrogens with zero attached hydrogens (tertiary/aromatic N) is 3. The molecule has 1 aliphatic rings. The van der Waals surface area contributed by atoms with Gasteiger partial charge in [0.05, 0.1) is 21.4 Å². The van der Waals surface area contributed by atoms with Gasteiger partial charge >= 0.3 is 0 Å². The Hall–Kier alpha value is -2.41. The molecule has 27 heavy (non-hydrogen) atoms. The van der Waals surface area contributed by atoms with Crippen molar-refractivity contribution in [3.05, 3.63) is 47.6 Å². The summed E-state index contributed by atoms with van der Waals surface area (Å²) in [4.78, 5) is 21.9. The van der Waals surface area contributed by atoms with Gasteiger partial charge in [-0.3, -0.25) is 4.79 Å². The second kappa shape index (κ2) is 7.31. The van der Waals surface area contributed by atoms with Crippen molar-refractivity contribution in [2.24, 2.45) is 0 Å². The molecule has 1 unspecified atom stereocenters. The number of hydrogen-bond donors (Lipinski definition) is 1. The normalized spacial score (nSPS) is 15.3. The van der Waals surface area contributed by atoms with Crippen molar-refractivity contribution in [3.8, 4) is 0 Å². The molecular formula is C20H22N4O2S. The number of carbonyl (C=O) groups excluding carboxylic acids is 1. The van der Waals surface area contributed by atoms with Gasteiger partial charge in [0, 0.05) is 17.3 Å². The lowest BCUT2D eigenvalue weighted by atomic mass is 10.1. The van der Waals surface area contributed by atoms with Crippen LogP contribution in [-0.2, 0) is 0 Å². The van der Waals surface area contributed by atoms with Crippen LogP contribution in [0.5, 0.6) is 0 Å². The van der Waals surface area contributed by atoms with Gasteiger partial charge in [-0.05, 0) is 31.9 Å². The Morgan fingerprint density at radius 1 is 1.22 bits per heavy atom. The highest BCUT2D eigenvalue weighted by Crippen LogP contribution is 2.35. The summed E-state index contributed by atoms with van der Waals surface area (Å²) in [5.74, 6) is 1.46. The van der Waals surface area contributed by atoms with Crippen LogP contribution in [0.4, 0.5) is 0 Å². The highest BCUT2D eigenvalue weighted by Gasteiger charge is 2.25. The van der Waals surface area contributed by atoms with E-state index in [1.807, 2.05) is 51.1 Å². The van der Waals surface area contributed by atoms with E-state index in [0.717, 1.165) is 28.8 Å². The monoisotopic (exact) mass is 382 g/mol. The number of pyridine rings is 1. The fraction of sp³-hybridized carbons (Fsp3) is 0.400. The number of thioether (sulfide) groups is 1. The molecule has 140 valence electrons. The number of fused-ring (bicyclic) bond motifs is 1. The van der Waals surface area contributed by atoms with Crippen molar-refractivity contribution in [1.29, 1.82) is 0 Å². The molecule has 2 heterocycles. The summed E-state index contributed by atoms with van der Waals surface area (Å²) >= 11 is 1.52. The lowest BCUT2D eigenvalue weighted by Crippen LogP contribution is -2.25. The van der Waals surface area contributed by atoms with Crippen LogP contribution in [0.25, 0.3) is 10.9 Å². The summed E-state index contributed by atoms with van der Waals surface area (Å²) in [6.07, 6.45) is 2.12. The van der Waals surface area contributed by atoms with E-state index < -0.39 is 0 Å². The number of hydrogen-bond acceptors (Lipinski definition) is 6. The Morgan fingerprint density at radius 2 is 2.00 bits per heavy atom. The van der Waals surface area contributed by atoms with Crippen LogP contribution in [0.3, 0.4) is 0 Å². The van der Waals surface area contributed by atoms with Crippen LogP contribution in [0.1, 0.15) is 66.9 Å². The topological polar surface area (TPSA) is 80.9 Å². The third-order valence-corrected chi connectivity index (χ3v) is 5.47. The molecule has 7 heteroatoms. The molecule has 0 aliphatic heterocycles. The largest absolute Gasteiger partial charge is 0.349 e. The van der Waals surface area contributed by atoms with Gasteiger partial charge in [0.2, 0.25) is 5.89 Å². The molecule has 0 saturated heterocycles. The lowest BCUT2D eigenvalue weighted by molar-refractivity contribution is 0.0952. The molecule has 3 aromatic rings. The fourth-order valence-corrected chi connectivity index (χ4v) is 3.66. The number of benzene rings is 1. The van der Waals surface area contributed by atoms with E-state index in [1.165, 1.54) is 11.8 Å². The van der Waals surface area contributed by atoms with E-state index >= 15 is 0 Å². The predicted molar refractivity (Wildman–Crippen MR) is 105 cm³/mol. The van der Waals surface area contributed by atoms with E-state index in [2.05, 4.69) is 15.5 Å². The van der Waals surface area contributed by atoms with Crippen LogP contribution in [-0.4, -0.2) is 27.1 Å². The van der Waals surface area contributed by atoms with Crippen LogP contribution in [0, 0.1) is 0 Å². The van der Waals surface area contributed by atoms with E-state index in [9.17, 15) is 4.79 Å². The van der Waals surface area contributed by atoms with Gasteiger partial charge in [-0.1, -0.05) is 49.0 Å². The van der Waals surface area contributed by atoms with E-state index in [1.54, 1.807) is 0 Å². The van der Waals surface area contributed by atoms with Gasteiger partial charge in [-0.15, -0.1) is 0 Å². The minimum atomic E-state index is -0.0574. The van der Waals surface area contributed by atoms with Crippen molar-refractivity contribution in [3.63, 3.8) is 0 Å². The molecule has 6 nitrogen and oxygen atoms in total. The van der Waals surface area contributed by atoms with Gasteiger partial charge in [0.15, 0.2) is 5.82 Å². The average molecular weight is 382 g/mol. The molecule has 1 aromatic carbocycles. The number of carbonyl (C=O) groups is 1. The average Bonchev–Trinajstić information content (AvgIpc) is 3.31. The maximum absolute atomic E-state index is 12.7. The van der Waals surface area contributed by atoms with Crippen molar-refractivity contribution < 1.29 is 9.32 Å². The van der Waals surface area contributed by atoms with Crippen LogP contribution < -0.4 is 5.32 Å². The first-order valence-electron chi connectivity index (χ1n) is 9.22. The van der Waals surface area contributed by atoms with E-state index in [0.29, 0.717) is 23.3 Å². The zero-order chi connectivity index (χ0) is 19.0. The molecule has 1 aliphatic carbocycles. The molecule has 4 rings (SSSR count). The highest BCUT2D eigenvalue weighted by atomic mass is 32.2. The SMILES string of the molecule is CC(C)c1noc(C(C)Sc2cc(C(=O)NC3CC3)c3ccccc3n2)n1. The van der Waals surface area contributed by atoms with Crippen molar-refractivity contribution >= 4 is 28.6 Å². The summed E-state index contributed by atoms with van der Waals surface area (Å²) in [5.41, 5.74) is 1.47. The predicted octanol–water partition coefficient (Wildman–Crippen LogP) is 4.49. The molecule has 0 spiro atoms. The Labute approximate surface area is 162 Å². The zero-order valence-corrected chi connectivity index (χ0v) is 16.4. The zero-order valence-electron chi connectivity index (χ0n) is 15.6. The molecular weight excluding hydrogens is 360 g/mol. The minimum absolute atomic E-state index is 0.0366. The number of nitrogens with one attached hydrogen (secondary N) is 1. The Morgan fingerprint density at radius 3 is 2.70 bits per heavy atom. The number of aromatic nitrogens is 3. The van der Waals surface area contributed by atoms with Gasteiger partial charge in [-0.25, -0.2) is 4.98 Å². The molecule has 1 amide bonds. The van der Waals surface area contributed by atoms with Gasteiger partial charge < -0.3 is 9.84 Å². The molecule has 0 radical (unpaired) electrons. The Bertz CT molecular complexity index is 981. The number of rotatable bonds is 6. The van der Waals surface area contributed by atoms with Crippen molar-refractivity contribution in [2.75, 3.05) is 0 Å². The van der Waals surface area contributed by atoms with Crippen molar-refractivity contribution in [2.45, 2.75) is 55.8 Å². The summed E-state index contributed by atoms with van der Waals surface area (Å²) < 4.78 is 5.40. The van der Waals surface area contributed by atoms with Gasteiger partial charge in [0.1, 0.15) is 0 Å². The molecule has 1 fully saturated rings. The first-order chi connectivity index (χ1) is 13.0. The summed E-state index contributed by atoms with van der Waals surface area (Å²) in [7, 11) is 0. The molecule has 0 bridgehead atoms. The molecule has 2 aromatic heterocycles. The van der Waals surface area contributed by atoms with E-state index in [4.69, 9.17) is 9.51 Å². The molecule has 1 saturated carbocycles. The minimum Gasteiger partial charge on any atom is -0.349 e. The van der Waals surface area contributed by atoms with Crippen LogP contribution >= 0.6 is 11.8 Å². The van der Waals surface area contributed by atoms with Crippen molar-refractivity contribution in [1.82, 2.24) is 20.4 Å².